The van der Waals surface area contributed by atoms with Crippen molar-refractivity contribution in [1.29, 1.82) is 5.26 Å². The fraction of sp³-hybridized carbons (Fsp3) is 0.188. The second-order valence-electron chi connectivity index (χ2n) is 4.99. The highest BCUT2D eigenvalue weighted by Gasteiger charge is 2.26. The summed E-state index contributed by atoms with van der Waals surface area (Å²) in [5, 5.41) is 9.09. The number of fused-ring (bicyclic) bond motifs is 1. The lowest BCUT2D eigenvalue weighted by Gasteiger charge is -2.26. The van der Waals surface area contributed by atoms with Gasteiger partial charge >= 0.3 is 0 Å². The van der Waals surface area contributed by atoms with E-state index in [1.165, 1.54) is 12.1 Å². The molecule has 2 aromatic rings. The molecular weight excluding hydrogens is 398 g/mol. The summed E-state index contributed by atoms with van der Waals surface area (Å²) in [5.41, 5.74) is 0.327. The van der Waals surface area contributed by atoms with Gasteiger partial charge in [-0.15, -0.1) is 0 Å². The summed E-state index contributed by atoms with van der Waals surface area (Å²) in [4.78, 5) is 0.0561. The predicted octanol–water partition coefficient (Wildman–Crippen LogP) is 2.87. The van der Waals surface area contributed by atoms with Crippen molar-refractivity contribution in [2.24, 2.45) is 0 Å². The Kier molecular flexibility index (Phi) is 4.76. The number of rotatable bonds is 4. The molecule has 0 amide bonds. The van der Waals surface area contributed by atoms with Gasteiger partial charge in [0.15, 0.2) is 17.6 Å². The Balaban J connectivity index is 1.70. The Morgan fingerprint density at radius 3 is 2.71 bits per heavy atom. The van der Waals surface area contributed by atoms with E-state index in [1.807, 2.05) is 6.07 Å². The highest BCUT2D eigenvalue weighted by atomic mass is 79.9. The maximum absolute atomic E-state index is 12.2. The first kappa shape index (κ1) is 16.8. The molecule has 1 heterocycles. The van der Waals surface area contributed by atoms with Crippen LogP contribution in [0, 0.1) is 11.3 Å². The van der Waals surface area contributed by atoms with Gasteiger partial charge in [0.2, 0.25) is 0 Å². The van der Waals surface area contributed by atoms with Crippen LogP contribution in [0.3, 0.4) is 0 Å². The molecule has 0 N–H and O–H groups in total. The average molecular weight is 410 g/mol. The molecule has 0 saturated heterocycles. The number of hydrogen-bond acceptors (Lipinski definition) is 6. The molecule has 0 radical (unpaired) electrons. The maximum atomic E-state index is 12.2. The van der Waals surface area contributed by atoms with Crippen molar-refractivity contribution >= 4 is 26.0 Å². The molecule has 3 rings (SSSR count). The van der Waals surface area contributed by atoms with Gasteiger partial charge in [-0.25, -0.2) is 0 Å². The Hall–Kier alpha value is -2.08. The number of nitriles is 1. The van der Waals surface area contributed by atoms with Crippen molar-refractivity contribution in [2.75, 3.05) is 13.2 Å². The average Bonchev–Trinajstić information content (AvgIpc) is 2.59. The molecule has 0 aliphatic carbocycles. The smallest absolute Gasteiger partial charge is 0.297 e. The summed E-state index contributed by atoms with van der Waals surface area (Å²) in [6, 6.07) is 13.1. The molecule has 0 bridgehead atoms. The lowest BCUT2D eigenvalue weighted by molar-refractivity contribution is 0.0552. The SMILES string of the molecule is N#Cc1cccc2c1OC(COS(=O)(=O)c1ccc(Br)cc1)CO2. The van der Waals surface area contributed by atoms with Gasteiger partial charge in [0.25, 0.3) is 10.1 Å². The summed E-state index contributed by atoms with van der Waals surface area (Å²) in [6.45, 7) is -0.0741. The Bertz CT molecular complexity index is 890. The fourth-order valence-corrected chi connectivity index (χ4v) is 3.34. The highest BCUT2D eigenvalue weighted by Crippen LogP contribution is 2.34. The van der Waals surface area contributed by atoms with Crippen LogP contribution in [0.15, 0.2) is 51.8 Å². The summed E-state index contributed by atoms with van der Waals surface area (Å²) < 4.78 is 41.3. The molecule has 1 aliphatic heterocycles. The molecule has 0 spiro atoms. The van der Waals surface area contributed by atoms with Crippen LogP contribution < -0.4 is 9.47 Å². The van der Waals surface area contributed by atoms with Gasteiger partial charge in [0.1, 0.15) is 19.3 Å². The zero-order valence-electron chi connectivity index (χ0n) is 12.3. The van der Waals surface area contributed by atoms with Gasteiger partial charge in [0.05, 0.1) is 10.5 Å². The van der Waals surface area contributed by atoms with E-state index >= 15 is 0 Å². The zero-order valence-corrected chi connectivity index (χ0v) is 14.7. The Labute approximate surface area is 147 Å². The molecule has 1 aliphatic rings. The predicted molar refractivity (Wildman–Crippen MR) is 88.3 cm³/mol. The van der Waals surface area contributed by atoms with Gasteiger partial charge in [-0.3, -0.25) is 4.18 Å². The van der Waals surface area contributed by atoms with Gasteiger partial charge in [-0.2, -0.15) is 13.7 Å². The van der Waals surface area contributed by atoms with Crippen LogP contribution in [-0.4, -0.2) is 27.7 Å². The van der Waals surface area contributed by atoms with Crippen LogP contribution >= 0.6 is 15.9 Å². The first-order valence-electron chi connectivity index (χ1n) is 6.97. The summed E-state index contributed by atoms with van der Waals surface area (Å²) >= 11 is 3.24. The number of nitrogens with zero attached hydrogens (tertiary/aromatic N) is 1. The van der Waals surface area contributed by atoms with Gasteiger partial charge < -0.3 is 9.47 Å². The fourth-order valence-electron chi connectivity index (χ4n) is 2.14. The standard InChI is InChI=1S/C16H12BrNO5S/c17-12-4-6-14(7-5-12)24(19,20)22-10-13-9-21-15-3-1-2-11(8-18)16(15)23-13/h1-7,13H,9-10H2. The first-order chi connectivity index (χ1) is 11.5. The first-order valence-corrected chi connectivity index (χ1v) is 9.17. The molecule has 8 heteroatoms. The molecule has 1 unspecified atom stereocenters. The maximum Gasteiger partial charge on any atom is 0.297 e. The van der Waals surface area contributed by atoms with Crippen molar-refractivity contribution in [1.82, 2.24) is 0 Å². The van der Waals surface area contributed by atoms with Crippen LogP contribution in [0.1, 0.15) is 5.56 Å². The van der Waals surface area contributed by atoms with Gasteiger partial charge in [-0.05, 0) is 36.4 Å². The van der Waals surface area contributed by atoms with E-state index in [-0.39, 0.29) is 18.1 Å². The Morgan fingerprint density at radius 1 is 1.25 bits per heavy atom. The minimum Gasteiger partial charge on any atom is -0.486 e. The molecular formula is C16H12BrNO5S. The Morgan fingerprint density at radius 2 is 2.00 bits per heavy atom. The van der Waals surface area contributed by atoms with Crippen LogP contribution in [0.4, 0.5) is 0 Å². The van der Waals surface area contributed by atoms with E-state index in [1.54, 1.807) is 30.3 Å². The summed E-state index contributed by atoms with van der Waals surface area (Å²) in [7, 11) is -3.89. The van der Waals surface area contributed by atoms with Crippen molar-refractivity contribution in [3.8, 4) is 17.6 Å². The van der Waals surface area contributed by atoms with E-state index in [2.05, 4.69) is 15.9 Å². The topological polar surface area (TPSA) is 85.6 Å². The van der Waals surface area contributed by atoms with Crippen molar-refractivity contribution < 1.29 is 22.1 Å². The molecule has 0 aromatic heterocycles. The van der Waals surface area contributed by atoms with Crippen LogP contribution in [0.25, 0.3) is 0 Å². The molecule has 6 nitrogen and oxygen atoms in total. The van der Waals surface area contributed by atoms with Gasteiger partial charge in [-0.1, -0.05) is 22.0 Å². The van der Waals surface area contributed by atoms with E-state index in [4.69, 9.17) is 18.9 Å². The lowest BCUT2D eigenvalue weighted by atomic mass is 10.2. The minimum atomic E-state index is -3.89. The van der Waals surface area contributed by atoms with Gasteiger partial charge in [0, 0.05) is 4.47 Å². The van der Waals surface area contributed by atoms with Crippen LogP contribution in [0.5, 0.6) is 11.5 Å². The van der Waals surface area contributed by atoms with E-state index in [0.717, 1.165) is 4.47 Å². The molecule has 1 atom stereocenters. The van der Waals surface area contributed by atoms with Crippen LogP contribution in [0.2, 0.25) is 0 Å². The van der Waals surface area contributed by atoms with Crippen molar-refractivity contribution in [2.45, 2.75) is 11.0 Å². The van der Waals surface area contributed by atoms with Crippen molar-refractivity contribution in [3.05, 3.63) is 52.5 Å². The number of para-hydroxylation sites is 1. The molecule has 24 heavy (non-hydrogen) atoms. The normalized spacial score (nSPS) is 16.4. The third-order valence-corrected chi connectivity index (χ3v) is 5.14. The van der Waals surface area contributed by atoms with E-state index in [9.17, 15) is 8.42 Å². The number of hydrogen-bond donors (Lipinski definition) is 0. The monoisotopic (exact) mass is 409 g/mol. The molecule has 0 saturated carbocycles. The van der Waals surface area contributed by atoms with E-state index < -0.39 is 16.2 Å². The second-order valence-corrected chi connectivity index (χ2v) is 7.52. The van der Waals surface area contributed by atoms with Crippen LogP contribution in [-0.2, 0) is 14.3 Å². The second kappa shape index (κ2) is 6.81. The highest BCUT2D eigenvalue weighted by molar-refractivity contribution is 9.10. The summed E-state index contributed by atoms with van der Waals surface area (Å²) in [5.74, 6) is 0.766. The number of benzene rings is 2. The summed E-state index contributed by atoms with van der Waals surface area (Å²) in [6.07, 6.45) is -0.628. The molecule has 0 fully saturated rings. The zero-order chi connectivity index (χ0) is 17.2. The third kappa shape index (κ3) is 3.53. The number of halogens is 1. The largest absolute Gasteiger partial charge is 0.486 e. The van der Waals surface area contributed by atoms with E-state index in [0.29, 0.717) is 17.1 Å². The molecule has 2 aromatic carbocycles. The lowest BCUT2D eigenvalue weighted by Crippen LogP contribution is -2.34. The quantitative estimate of drug-likeness (QED) is 0.721. The number of ether oxygens (including phenoxy) is 2. The third-order valence-electron chi connectivity index (χ3n) is 3.32. The minimum absolute atomic E-state index is 0.0561. The van der Waals surface area contributed by atoms with Crippen molar-refractivity contribution in [3.63, 3.8) is 0 Å². The molecule has 124 valence electrons.